The van der Waals surface area contributed by atoms with Gasteiger partial charge in [0, 0.05) is 18.7 Å². The molecule has 120 valence electrons. The van der Waals surface area contributed by atoms with Crippen LogP contribution in [0.5, 0.6) is 5.75 Å². The molecule has 0 aliphatic carbocycles. The molecule has 1 saturated heterocycles. The van der Waals surface area contributed by atoms with Crippen LogP contribution in [0, 0.1) is 0 Å². The normalized spacial score (nSPS) is 17.3. The number of benzene rings is 2. The largest absolute Gasteiger partial charge is 0.446 e. The molecule has 2 aromatic carbocycles. The molecule has 1 fully saturated rings. The van der Waals surface area contributed by atoms with E-state index >= 15 is 4.39 Å². The molecule has 1 unspecified atom stereocenters. The molecule has 1 aliphatic rings. The third-order valence-electron chi connectivity index (χ3n) is 3.72. The van der Waals surface area contributed by atoms with E-state index in [1.165, 1.54) is 4.90 Å². The van der Waals surface area contributed by atoms with E-state index in [4.69, 9.17) is 9.47 Å². The summed E-state index contributed by atoms with van der Waals surface area (Å²) in [6.07, 6.45) is 0. The maximum absolute atomic E-state index is 15.7. The van der Waals surface area contributed by atoms with E-state index in [9.17, 15) is 4.79 Å². The van der Waals surface area contributed by atoms with Crippen molar-refractivity contribution in [3.05, 3.63) is 66.2 Å². The summed E-state index contributed by atoms with van der Waals surface area (Å²) in [7, 11) is 0. The smallest absolute Gasteiger partial charge is 0.354 e. The van der Waals surface area contributed by atoms with Crippen molar-refractivity contribution in [3.63, 3.8) is 0 Å². The molecule has 1 aliphatic heterocycles. The number of para-hydroxylation sites is 1. The number of nitrogens with zero attached hydrogens (tertiary/aromatic N) is 1. The van der Waals surface area contributed by atoms with E-state index in [0.717, 1.165) is 0 Å². The van der Waals surface area contributed by atoms with E-state index in [0.29, 0.717) is 32.1 Å². The number of carbonyl (C=O) groups excluding carboxylic acids is 1. The van der Waals surface area contributed by atoms with Crippen LogP contribution in [-0.2, 0) is 15.4 Å². The maximum atomic E-state index is 15.7. The monoisotopic (exact) mass is 315 g/mol. The molecular weight excluding hydrogens is 297 g/mol. The predicted octanol–water partition coefficient (Wildman–Crippen LogP) is 2.75. The van der Waals surface area contributed by atoms with Crippen LogP contribution in [0.25, 0.3) is 0 Å². The number of amides is 1. The second kappa shape index (κ2) is 6.79. The van der Waals surface area contributed by atoms with Gasteiger partial charge in [-0.15, -0.1) is 0 Å². The van der Waals surface area contributed by atoms with Gasteiger partial charge in [-0.05, 0) is 12.1 Å². The number of morpholine rings is 1. The van der Waals surface area contributed by atoms with Gasteiger partial charge in [-0.25, -0.2) is 0 Å². The Morgan fingerprint density at radius 3 is 2.17 bits per heavy atom. The third kappa shape index (κ3) is 3.35. The zero-order chi connectivity index (χ0) is 16.1. The van der Waals surface area contributed by atoms with Crippen LogP contribution in [0.3, 0.4) is 0 Å². The second-order valence-corrected chi connectivity index (χ2v) is 5.28. The lowest BCUT2D eigenvalue weighted by Crippen LogP contribution is -2.51. The van der Waals surface area contributed by atoms with Crippen molar-refractivity contribution in [2.24, 2.45) is 0 Å². The van der Waals surface area contributed by atoms with E-state index in [2.05, 4.69) is 0 Å². The molecule has 0 bridgehead atoms. The first-order chi connectivity index (χ1) is 11.2. The molecule has 1 amide bonds. The minimum atomic E-state index is -2.56. The summed E-state index contributed by atoms with van der Waals surface area (Å²) < 4.78 is 26.5. The quantitative estimate of drug-likeness (QED) is 0.871. The van der Waals surface area contributed by atoms with Gasteiger partial charge in [0.25, 0.3) is 0 Å². The highest BCUT2D eigenvalue weighted by molar-refractivity contribution is 5.85. The minimum absolute atomic E-state index is 0.181. The Labute approximate surface area is 134 Å². The van der Waals surface area contributed by atoms with Crippen LogP contribution in [0.15, 0.2) is 60.7 Å². The van der Waals surface area contributed by atoms with Gasteiger partial charge in [0.1, 0.15) is 5.75 Å². The van der Waals surface area contributed by atoms with E-state index in [1.807, 2.05) is 0 Å². The average Bonchev–Trinajstić information content (AvgIpc) is 2.63. The van der Waals surface area contributed by atoms with Crippen molar-refractivity contribution in [2.45, 2.75) is 5.85 Å². The molecule has 0 saturated carbocycles. The highest BCUT2D eigenvalue weighted by Gasteiger charge is 2.46. The molecule has 23 heavy (non-hydrogen) atoms. The Kier molecular flexibility index (Phi) is 4.57. The number of hydrogen-bond donors (Lipinski definition) is 0. The number of rotatable bonds is 4. The van der Waals surface area contributed by atoms with Gasteiger partial charge in [-0.2, -0.15) is 4.39 Å². The zero-order valence-corrected chi connectivity index (χ0v) is 12.7. The molecule has 0 spiro atoms. The van der Waals surface area contributed by atoms with Gasteiger partial charge in [-0.3, -0.25) is 4.79 Å². The van der Waals surface area contributed by atoms with Crippen LogP contribution in [-0.4, -0.2) is 37.1 Å². The number of alkyl halides is 1. The van der Waals surface area contributed by atoms with E-state index < -0.39 is 11.8 Å². The summed E-state index contributed by atoms with van der Waals surface area (Å²) in [5.41, 5.74) is 0.181. The average molecular weight is 315 g/mol. The fraction of sp³-hybridized carbons (Fsp3) is 0.278. The lowest BCUT2D eigenvalue weighted by Gasteiger charge is -2.34. The molecular formula is C18H18FNO3. The second-order valence-electron chi connectivity index (χ2n) is 5.28. The van der Waals surface area contributed by atoms with Gasteiger partial charge in [0.05, 0.1) is 13.2 Å². The number of ether oxygens (including phenoxy) is 2. The molecule has 1 atom stereocenters. The summed E-state index contributed by atoms with van der Waals surface area (Å²) >= 11 is 0. The van der Waals surface area contributed by atoms with Crippen LogP contribution in [0.1, 0.15) is 5.56 Å². The molecule has 2 aromatic rings. The molecule has 5 heteroatoms. The maximum Gasteiger partial charge on any atom is 0.354 e. The first-order valence-electron chi connectivity index (χ1n) is 7.56. The standard InChI is InChI=1S/C18H18FNO3/c19-18(15-7-3-1-4-8-15,23-16-9-5-2-6-10-16)17(21)20-11-13-22-14-12-20/h1-10H,11-14H2. The van der Waals surface area contributed by atoms with Crippen molar-refractivity contribution in [3.8, 4) is 5.75 Å². The Morgan fingerprint density at radius 2 is 1.57 bits per heavy atom. The predicted molar refractivity (Wildman–Crippen MR) is 83.7 cm³/mol. The number of carbonyl (C=O) groups is 1. The Bertz CT molecular complexity index is 644. The van der Waals surface area contributed by atoms with Crippen LogP contribution < -0.4 is 4.74 Å². The van der Waals surface area contributed by atoms with Crippen molar-refractivity contribution >= 4 is 5.91 Å². The topological polar surface area (TPSA) is 38.8 Å². The minimum Gasteiger partial charge on any atom is -0.446 e. The Balaban J connectivity index is 1.94. The lowest BCUT2D eigenvalue weighted by molar-refractivity contribution is -0.172. The van der Waals surface area contributed by atoms with Gasteiger partial charge >= 0.3 is 11.8 Å². The van der Waals surface area contributed by atoms with E-state index in [-0.39, 0.29) is 5.56 Å². The summed E-state index contributed by atoms with van der Waals surface area (Å²) in [5.74, 6) is -2.95. The van der Waals surface area contributed by atoms with Gasteiger partial charge in [-0.1, -0.05) is 48.5 Å². The van der Waals surface area contributed by atoms with Crippen LogP contribution in [0.4, 0.5) is 4.39 Å². The summed E-state index contributed by atoms with van der Waals surface area (Å²) in [6.45, 7) is 1.52. The first-order valence-corrected chi connectivity index (χ1v) is 7.56. The van der Waals surface area contributed by atoms with Gasteiger partial charge < -0.3 is 14.4 Å². The van der Waals surface area contributed by atoms with Gasteiger partial charge in [0.2, 0.25) is 0 Å². The van der Waals surface area contributed by atoms with Gasteiger partial charge in [0.15, 0.2) is 0 Å². The highest BCUT2D eigenvalue weighted by Crippen LogP contribution is 2.32. The van der Waals surface area contributed by atoms with Crippen molar-refractivity contribution in [2.75, 3.05) is 26.3 Å². The van der Waals surface area contributed by atoms with Crippen LogP contribution >= 0.6 is 0 Å². The first kappa shape index (κ1) is 15.5. The highest BCUT2D eigenvalue weighted by atomic mass is 19.2. The van der Waals surface area contributed by atoms with Crippen molar-refractivity contribution in [1.82, 2.24) is 4.90 Å². The number of hydrogen-bond acceptors (Lipinski definition) is 3. The molecule has 0 N–H and O–H groups in total. The van der Waals surface area contributed by atoms with Crippen molar-refractivity contribution < 1.29 is 18.7 Å². The molecule has 1 heterocycles. The Morgan fingerprint density at radius 1 is 1.00 bits per heavy atom. The van der Waals surface area contributed by atoms with Crippen LogP contribution in [0.2, 0.25) is 0 Å². The molecule has 3 rings (SSSR count). The fourth-order valence-corrected chi connectivity index (χ4v) is 2.50. The van der Waals surface area contributed by atoms with E-state index in [1.54, 1.807) is 60.7 Å². The summed E-state index contributed by atoms with van der Waals surface area (Å²) in [4.78, 5) is 14.2. The summed E-state index contributed by atoms with van der Waals surface area (Å²) in [5, 5.41) is 0. The molecule has 0 radical (unpaired) electrons. The SMILES string of the molecule is O=C(N1CCOCC1)C(F)(Oc1ccccc1)c1ccccc1. The Hall–Kier alpha value is -2.40. The molecule has 0 aromatic heterocycles. The van der Waals surface area contributed by atoms with Crippen molar-refractivity contribution in [1.29, 1.82) is 0 Å². The number of halogens is 1. The summed E-state index contributed by atoms with van der Waals surface area (Å²) in [6, 6.07) is 16.8. The molecule has 4 nitrogen and oxygen atoms in total. The lowest BCUT2D eigenvalue weighted by atomic mass is 10.1. The zero-order valence-electron chi connectivity index (χ0n) is 12.7. The third-order valence-corrected chi connectivity index (χ3v) is 3.72. The fourth-order valence-electron chi connectivity index (χ4n) is 2.50.